The molecule has 2 nitrogen and oxygen atoms in total. The largest absolute Gasteiger partial charge is 0.378 e. The van der Waals surface area contributed by atoms with Crippen LogP contribution in [0.4, 0.5) is 0 Å². The summed E-state index contributed by atoms with van der Waals surface area (Å²) >= 11 is 0. The highest BCUT2D eigenvalue weighted by Gasteiger charge is 2.48. The Hall–Kier alpha value is -0.0800. The van der Waals surface area contributed by atoms with Crippen LogP contribution in [0.25, 0.3) is 0 Å². The molecule has 2 atom stereocenters. The van der Waals surface area contributed by atoms with E-state index in [1.165, 1.54) is 19.3 Å². The number of nitrogens with one attached hydrogen (secondary N) is 1. The van der Waals surface area contributed by atoms with E-state index in [1.54, 1.807) is 0 Å². The van der Waals surface area contributed by atoms with Gasteiger partial charge in [0.05, 0.1) is 6.10 Å². The first-order valence-corrected chi connectivity index (χ1v) is 5.97. The second kappa shape index (κ2) is 5.13. The molecule has 84 valence electrons. The van der Waals surface area contributed by atoms with Gasteiger partial charge in [0.25, 0.3) is 0 Å². The predicted molar refractivity (Wildman–Crippen MR) is 60.5 cm³/mol. The Balaban J connectivity index is 2.24. The molecule has 0 heterocycles. The molecule has 0 aromatic carbocycles. The minimum Gasteiger partial charge on any atom is -0.378 e. The van der Waals surface area contributed by atoms with Crippen molar-refractivity contribution in [3.63, 3.8) is 0 Å². The van der Waals surface area contributed by atoms with E-state index in [1.807, 2.05) is 0 Å². The summed E-state index contributed by atoms with van der Waals surface area (Å²) in [5, 5.41) is 3.51. The van der Waals surface area contributed by atoms with Crippen LogP contribution in [-0.4, -0.2) is 25.3 Å². The number of unbranched alkanes of at least 4 members (excludes halogenated alkanes) is 1. The zero-order valence-corrected chi connectivity index (χ0v) is 10.1. The summed E-state index contributed by atoms with van der Waals surface area (Å²) in [4.78, 5) is 0. The number of hydrogen-bond acceptors (Lipinski definition) is 2. The highest BCUT2D eigenvalue weighted by molar-refractivity contribution is 5.02. The van der Waals surface area contributed by atoms with E-state index in [2.05, 4.69) is 33.0 Å². The molecule has 0 saturated heterocycles. The summed E-state index contributed by atoms with van der Waals surface area (Å²) in [7, 11) is 0. The highest BCUT2D eigenvalue weighted by atomic mass is 16.5. The number of rotatable bonds is 6. The molecule has 1 aliphatic rings. The molecule has 0 bridgehead atoms. The lowest BCUT2D eigenvalue weighted by Gasteiger charge is -2.52. The molecule has 0 aromatic rings. The predicted octanol–water partition coefficient (Wildman–Crippen LogP) is 2.58. The minimum atomic E-state index is 0.323. The molecule has 1 N–H and O–H groups in total. The van der Waals surface area contributed by atoms with E-state index in [-0.39, 0.29) is 0 Å². The van der Waals surface area contributed by atoms with Gasteiger partial charge in [0.1, 0.15) is 0 Å². The van der Waals surface area contributed by atoms with E-state index >= 15 is 0 Å². The van der Waals surface area contributed by atoms with Crippen molar-refractivity contribution < 1.29 is 4.74 Å². The Morgan fingerprint density at radius 2 is 2.07 bits per heavy atom. The molecule has 0 aliphatic heterocycles. The van der Waals surface area contributed by atoms with Crippen LogP contribution in [0.3, 0.4) is 0 Å². The van der Waals surface area contributed by atoms with Crippen LogP contribution in [0.15, 0.2) is 0 Å². The van der Waals surface area contributed by atoms with Gasteiger partial charge in [-0.05, 0) is 19.4 Å². The van der Waals surface area contributed by atoms with Gasteiger partial charge in [-0.1, -0.05) is 34.1 Å². The topological polar surface area (TPSA) is 21.3 Å². The highest BCUT2D eigenvalue weighted by Crippen LogP contribution is 2.42. The quantitative estimate of drug-likeness (QED) is 0.664. The molecule has 1 fully saturated rings. The summed E-state index contributed by atoms with van der Waals surface area (Å²) in [6.45, 7) is 11.0. The zero-order chi connectivity index (χ0) is 10.6. The molecule has 0 spiro atoms. The fourth-order valence-corrected chi connectivity index (χ4v) is 2.13. The number of hydrogen-bond donors (Lipinski definition) is 1. The maximum atomic E-state index is 5.87. The normalized spacial score (nSPS) is 30.0. The second-order valence-corrected chi connectivity index (χ2v) is 4.88. The Morgan fingerprint density at radius 3 is 2.57 bits per heavy atom. The fourth-order valence-electron chi connectivity index (χ4n) is 2.13. The Morgan fingerprint density at radius 1 is 1.36 bits per heavy atom. The fraction of sp³-hybridized carbons (Fsp3) is 1.00. The van der Waals surface area contributed by atoms with Crippen LogP contribution in [0, 0.1) is 5.41 Å². The molecular weight excluding hydrogens is 174 g/mol. The first-order valence-electron chi connectivity index (χ1n) is 5.97. The molecule has 1 rings (SSSR count). The molecular formula is C12H25NO. The van der Waals surface area contributed by atoms with Gasteiger partial charge in [-0.25, -0.2) is 0 Å². The lowest BCUT2D eigenvalue weighted by Crippen LogP contribution is -2.60. The van der Waals surface area contributed by atoms with Crippen molar-refractivity contribution in [3.8, 4) is 0 Å². The molecule has 1 aliphatic carbocycles. The summed E-state index contributed by atoms with van der Waals surface area (Å²) in [5.74, 6) is 0. The first kappa shape index (κ1) is 12.0. The third-order valence-corrected chi connectivity index (χ3v) is 3.45. The van der Waals surface area contributed by atoms with Gasteiger partial charge < -0.3 is 10.1 Å². The van der Waals surface area contributed by atoms with Crippen molar-refractivity contribution in [2.45, 2.75) is 59.1 Å². The van der Waals surface area contributed by atoms with E-state index in [4.69, 9.17) is 4.74 Å². The van der Waals surface area contributed by atoms with Crippen LogP contribution >= 0.6 is 0 Å². The van der Waals surface area contributed by atoms with Crippen molar-refractivity contribution in [2.24, 2.45) is 5.41 Å². The second-order valence-electron chi connectivity index (χ2n) is 4.88. The van der Waals surface area contributed by atoms with Crippen LogP contribution in [0.2, 0.25) is 0 Å². The molecule has 2 unspecified atom stereocenters. The molecule has 0 aromatic heterocycles. The van der Waals surface area contributed by atoms with Gasteiger partial charge in [-0.15, -0.1) is 0 Å². The van der Waals surface area contributed by atoms with E-state index in [0.717, 1.165) is 13.2 Å². The average molecular weight is 199 g/mol. The Labute approximate surface area is 88.4 Å². The zero-order valence-electron chi connectivity index (χ0n) is 10.1. The standard InChI is InChI=1S/C12H25NO/c1-5-7-8-14-11-9-10(13-6-2)12(11,3)4/h10-11,13H,5-9H2,1-4H3. The summed E-state index contributed by atoms with van der Waals surface area (Å²) in [6.07, 6.45) is 4.07. The number of ether oxygens (including phenoxy) is 1. The molecule has 14 heavy (non-hydrogen) atoms. The summed E-state index contributed by atoms with van der Waals surface area (Å²) in [5.41, 5.74) is 0.323. The monoisotopic (exact) mass is 199 g/mol. The van der Waals surface area contributed by atoms with E-state index < -0.39 is 0 Å². The minimum absolute atomic E-state index is 0.323. The molecule has 2 heteroatoms. The summed E-state index contributed by atoms with van der Waals surface area (Å²) in [6, 6.07) is 0.652. The van der Waals surface area contributed by atoms with Crippen molar-refractivity contribution >= 4 is 0 Å². The molecule has 0 radical (unpaired) electrons. The van der Waals surface area contributed by atoms with Crippen LogP contribution in [0.5, 0.6) is 0 Å². The maximum Gasteiger partial charge on any atom is 0.0655 e. The van der Waals surface area contributed by atoms with Gasteiger partial charge in [0, 0.05) is 18.1 Å². The lowest BCUT2D eigenvalue weighted by atomic mass is 9.64. The third-order valence-electron chi connectivity index (χ3n) is 3.45. The van der Waals surface area contributed by atoms with Crippen molar-refractivity contribution in [3.05, 3.63) is 0 Å². The van der Waals surface area contributed by atoms with E-state index in [0.29, 0.717) is 17.6 Å². The van der Waals surface area contributed by atoms with Gasteiger partial charge in [0.2, 0.25) is 0 Å². The smallest absolute Gasteiger partial charge is 0.0655 e. The van der Waals surface area contributed by atoms with Crippen LogP contribution < -0.4 is 5.32 Å². The van der Waals surface area contributed by atoms with Gasteiger partial charge in [-0.3, -0.25) is 0 Å². The Bertz CT molecular complexity index is 166. The van der Waals surface area contributed by atoms with Crippen molar-refractivity contribution in [1.29, 1.82) is 0 Å². The first-order chi connectivity index (χ1) is 6.62. The molecule has 0 amide bonds. The lowest BCUT2D eigenvalue weighted by molar-refractivity contribution is -0.117. The summed E-state index contributed by atoms with van der Waals surface area (Å²) < 4.78 is 5.87. The van der Waals surface area contributed by atoms with Gasteiger partial charge >= 0.3 is 0 Å². The van der Waals surface area contributed by atoms with Crippen LogP contribution in [-0.2, 0) is 4.74 Å². The van der Waals surface area contributed by atoms with Crippen molar-refractivity contribution in [1.82, 2.24) is 5.32 Å². The van der Waals surface area contributed by atoms with E-state index in [9.17, 15) is 0 Å². The van der Waals surface area contributed by atoms with Gasteiger partial charge in [0.15, 0.2) is 0 Å². The average Bonchev–Trinajstić information content (AvgIpc) is 2.15. The SMILES string of the molecule is CCCCOC1CC(NCC)C1(C)C. The molecule has 1 saturated carbocycles. The van der Waals surface area contributed by atoms with Crippen molar-refractivity contribution in [2.75, 3.05) is 13.2 Å². The Kier molecular flexibility index (Phi) is 4.39. The van der Waals surface area contributed by atoms with Gasteiger partial charge in [-0.2, -0.15) is 0 Å². The third kappa shape index (κ3) is 2.48. The maximum absolute atomic E-state index is 5.87. The van der Waals surface area contributed by atoms with Crippen LogP contribution in [0.1, 0.15) is 47.0 Å².